The maximum atomic E-state index is 6.25. The Kier molecular flexibility index (Phi) is 5.42. The molecule has 1 aromatic rings. The van der Waals surface area contributed by atoms with Gasteiger partial charge in [0.15, 0.2) is 5.75 Å². The summed E-state index contributed by atoms with van der Waals surface area (Å²) in [6, 6.07) is 6.02. The lowest BCUT2D eigenvalue weighted by Gasteiger charge is -2.38. The fourth-order valence-electron chi connectivity index (χ4n) is 3.07. The number of ether oxygens (including phenoxy) is 1. The Morgan fingerprint density at radius 3 is 3.05 bits per heavy atom. The van der Waals surface area contributed by atoms with E-state index in [1.165, 1.54) is 19.4 Å². The lowest BCUT2D eigenvalue weighted by molar-refractivity contribution is 0.208. The summed E-state index contributed by atoms with van der Waals surface area (Å²) >= 11 is 6.25. The predicted octanol–water partition coefficient (Wildman–Crippen LogP) is 3.35. The SMILES string of the molecule is CC1CN(CC2CCCNC2)c2cccc(Cl)c2O1.Cl. The van der Waals surface area contributed by atoms with E-state index in [-0.39, 0.29) is 18.5 Å². The number of hydrogen-bond donors (Lipinski definition) is 1. The van der Waals surface area contributed by atoms with Gasteiger partial charge < -0.3 is 15.0 Å². The highest BCUT2D eigenvalue weighted by atomic mass is 35.5. The van der Waals surface area contributed by atoms with Gasteiger partial charge in [-0.2, -0.15) is 0 Å². The smallest absolute Gasteiger partial charge is 0.161 e. The van der Waals surface area contributed by atoms with Crippen molar-refractivity contribution in [1.82, 2.24) is 5.32 Å². The summed E-state index contributed by atoms with van der Waals surface area (Å²) in [4.78, 5) is 2.44. The van der Waals surface area contributed by atoms with Gasteiger partial charge in [-0.25, -0.2) is 0 Å². The Labute approximate surface area is 132 Å². The normalized spacial score (nSPS) is 25.4. The van der Waals surface area contributed by atoms with Gasteiger partial charge in [0.05, 0.1) is 17.3 Å². The van der Waals surface area contributed by atoms with Gasteiger partial charge in [0, 0.05) is 6.54 Å². The number of para-hydroxylation sites is 1. The molecule has 3 nitrogen and oxygen atoms in total. The fourth-order valence-corrected chi connectivity index (χ4v) is 3.29. The highest BCUT2D eigenvalue weighted by molar-refractivity contribution is 6.32. The molecule has 2 aliphatic rings. The van der Waals surface area contributed by atoms with Crippen molar-refractivity contribution < 1.29 is 4.74 Å². The molecule has 2 heterocycles. The molecule has 0 aromatic heterocycles. The maximum Gasteiger partial charge on any atom is 0.161 e. The van der Waals surface area contributed by atoms with Crippen LogP contribution in [0.25, 0.3) is 0 Å². The van der Waals surface area contributed by atoms with Crippen molar-refractivity contribution in [2.45, 2.75) is 25.9 Å². The Hall–Kier alpha value is -0.640. The van der Waals surface area contributed by atoms with E-state index in [2.05, 4.69) is 23.2 Å². The van der Waals surface area contributed by atoms with Crippen LogP contribution >= 0.6 is 24.0 Å². The summed E-state index contributed by atoms with van der Waals surface area (Å²) in [6.45, 7) is 6.44. The number of nitrogens with zero attached hydrogens (tertiary/aromatic N) is 1. The fraction of sp³-hybridized carbons (Fsp3) is 0.600. The zero-order valence-corrected chi connectivity index (χ0v) is 13.3. The number of halogens is 2. The highest BCUT2D eigenvalue weighted by Crippen LogP contribution is 2.39. The summed E-state index contributed by atoms with van der Waals surface area (Å²) < 4.78 is 5.89. The Balaban J connectivity index is 0.00000147. The van der Waals surface area contributed by atoms with Gasteiger partial charge in [-0.05, 0) is 50.9 Å². The number of piperidine rings is 1. The largest absolute Gasteiger partial charge is 0.485 e. The quantitative estimate of drug-likeness (QED) is 0.905. The van der Waals surface area contributed by atoms with Gasteiger partial charge >= 0.3 is 0 Å². The summed E-state index contributed by atoms with van der Waals surface area (Å²) in [5.41, 5.74) is 1.15. The van der Waals surface area contributed by atoms with E-state index in [4.69, 9.17) is 16.3 Å². The third-order valence-corrected chi connectivity index (χ3v) is 4.26. The van der Waals surface area contributed by atoms with E-state index in [1.807, 2.05) is 12.1 Å². The first kappa shape index (κ1) is 15.7. The minimum absolute atomic E-state index is 0. The van der Waals surface area contributed by atoms with Gasteiger partial charge in [0.1, 0.15) is 6.10 Å². The summed E-state index contributed by atoms with van der Waals surface area (Å²) in [5, 5.41) is 4.21. The number of rotatable bonds is 2. The highest BCUT2D eigenvalue weighted by Gasteiger charge is 2.27. The average Bonchev–Trinajstić information content (AvgIpc) is 2.41. The molecule has 1 N–H and O–H groups in total. The first-order chi connectivity index (χ1) is 9.24. The lowest BCUT2D eigenvalue weighted by atomic mass is 9.98. The van der Waals surface area contributed by atoms with Crippen LogP contribution in [0.5, 0.6) is 5.75 Å². The van der Waals surface area contributed by atoms with Crippen LogP contribution in [0.3, 0.4) is 0 Å². The summed E-state index contributed by atoms with van der Waals surface area (Å²) in [7, 11) is 0. The van der Waals surface area contributed by atoms with E-state index in [9.17, 15) is 0 Å². The van der Waals surface area contributed by atoms with Crippen molar-refractivity contribution in [1.29, 1.82) is 0 Å². The Morgan fingerprint density at radius 1 is 1.45 bits per heavy atom. The molecule has 3 rings (SSSR count). The van der Waals surface area contributed by atoms with Crippen LogP contribution < -0.4 is 15.0 Å². The zero-order chi connectivity index (χ0) is 13.2. The molecule has 5 heteroatoms. The van der Waals surface area contributed by atoms with Crippen LogP contribution in [-0.4, -0.2) is 32.3 Å². The van der Waals surface area contributed by atoms with Crippen molar-refractivity contribution in [3.8, 4) is 5.75 Å². The van der Waals surface area contributed by atoms with Gasteiger partial charge in [-0.15, -0.1) is 12.4 Å². The first-order valence-corrected chi connectivity index (χ1v) is 7.52. The van der Waals surface area contributed by atoms with Crippen molar-refractivity contribution >= 4 is 29.7 Å². The van der Waals surface area contributed by atoms with E-state index in [0.29, 0.717) is 0 Å². The maximum absolute atomic E-state index is 6.25. The zero-order valence-electron chi connectivity index (χ0n) is 11.8. The van der Waals surface area contributed by atoms with E-state index < -0.39 is 0 Å². The molecule has 0 bridgehead atoms. The van der Waals surface area contributed by atoms with E-state index in [1.54, 1.807) is 0 Å². The molecule has 1 aromatic carbocycles. The second-order valence-corrected chi connectivity index (χ2v) is 6.04. The van der Waals surface area contributed by atoms with Gasteiger partial charge in [0.25, 0.3) is 0 Å². The Bertz CT molecular complexity index is 449. The molecule has 0 spiro atoms. The molecule has 2 unspecified atom stereocenters. The topological polar surface area (TPSA) is 24.5 Å². The van der Waals surface area contributed by atoms with Crippen molar-refractivity contribution in [2.75, 3.05) is 31.1 Å². The van der Waals surface area contributed by atoms with Crippen LogP contribution in [0.2, 0.25) is 5.02 Å². The van der Waals surface area contributed by atoms with Crippen LogP contribution in [0.1, 0.15) is 19.8 Å². The molecule has 1 fully saturated rings. The minimum atomic E-state index is 0. The lowest BCUT2D eigenvalue weighted by Crippen LogP contribution is -2.44. The molecule has 2 aliphatic heterocycles. The molecule has 0 aliphatic carbocycles. The monoisotopic (exact) mass is 316 g/mol. The molecule has 112 valence electrons. The minimum Gasteiger partial charge on any atom is -0.485 e. The third kappa shape index (κ3) is 3.33. The van der Waals surface area contributed by atoms with Crippen molar-refractivity contribution in [3.63, 3.8) is 0 Å². The Morgan fingerprint density at radius 2 is 2.30 bits per heavy atom. The van der Waals surface area contributed by atoms with Gasteiger partial charge in [-0.1, -0.05) is 17.7 Å². The van der Waals surface area contributed by atoms with E-state index in [0.717, 1.165) is 42.0 Å². The molecular formula is C15H22Cl2N2O. The standard InChI is InChI=1S/C15H21ClN2O.ClH/c1-11-9-18(10-12-4-3-7-17-8-12)14-6-2-5-13(16)15(14)19-11;/h2,5-6,11-12,17H,3-4,7-10H2,1H3;1H. The van der Waals surface area contributed by atoms with Crippen LogP contribution in [0.15, 0.2) is 18.2 Å². The number of benzene rings is 1. The van der Waals surface area contributed by atoms with Crippen LogP contribution in [0.4, 0.5) is 5.69 Å². The predicted molar refractivity (Wildman–Crippen MR) is 86.6 cm³/mol. The molecule has 2 atom stereocenters. The number of nitrogens with one attached hydrogen (secondary N) is 1. The van der Waals surface area contributed by atoms with Crippen LogP contribution in [-0.2, 0) is 0 Å². The molecule has 20 heavy (non-hydrogen) atoms. The second-order valence-electron chi connectivity index (χ2n) is 5.63. The van der Waals surface area contributed by atoms with Gasteiger partial charge in [-0.3, -0.25) is 0 Å². The average molecular weight is 317 g/mol. The van der Waals surface area contributed by atoms with Crippen molar-refractivity contribution in [2.24, 2.45) is 5.92 Å². The molecular weight excluding hydrogens is 295 g/mol. The number of fused-ring (bicyclic) bond motifs is 1. The van der Waals surface area contributed by atoms with E-state index >= 15 is 0 Å². The molecule has 0 radical (unpaired) electrons. The summed E-state index contributed by atoms with van der Waals surface area (Å²) in [5.74, 6) is 1.58. The van der Waals surface area contributed by atoms with Gasteiger partial charge in [0.2, 0.25) is 0 Å². The molecule has 0 saturated carbocycles. The first-order valence-electron chi connectivity index (χ1n) is 7.15. The second kappa shape index (κ2) is 6.88. The summed E-state index contributed by atoms with van der Waals surface area (Å²) in [6.07, 6.45) is 2.80. The molecule has 0 amide bonds. The molecule has 1 saturated heterocycles. The van der Waals surface area contributed by atoms with Crippen LogP contribution in [0, 0.1) is 5.92 Å². The number of anilines is 1. The number of hydrogen-bond acceptors (Lipinski definition) is 3. The third-order valence-electron chi connectivity index (χ3n) is 3.96. The van der Waals surface area contributed by atoms with Crippen molar-refractivity contribution in [3.05, 3.63) is 23.2 Å².